The molecule has 2 rings (SSSR count). The van der Waals surface area contributed by atoms with E-state index in [0.29, 0.717) is 24.4 Å². The van der Waals surface area contributed by atoms with Crippen molar-refractivity contribution in [2.75, 3.05) is 11.9 Å². The lowest BCUT2D eigenvalue weighted by molar-refractivity contribution is -0.135. The second-order valence-corrected chi connectivity index (χ2v) is 3.97. The molecule has 5 heteroatoms. The largest absolute Gasteiger partial charge is 0.462 e. The molecule has 4 nitrogen and oxygen atoms in total. The standard InChI is InChI=1S/C10H9BrN2O2/c11-8-1-3-12-9(5-8)13-6-7-2-4-15-10(7)14/h1,3,5-6H,2,4H2,(H,12,13)/b7-6-. The average Bonchev–Trinajstić information content (AvgIpc) is 2.61. The molecule has 0 saturated carbocycles. The molecule has 2 heterocycles. The Kier molecular flexibility index (Phi) is 3.01. The Morgan fingerprint density at radius 1 is 1.60 bits per heavy atom. The van der Waals surface area contributed by atoms with Gasteiger partial charge in [0.15, 0.2) is 0 Å². The minimum atomic E-state index is -0.252. The maximum Gasteiger partial charge on any atom is 0.335 e. The van der Waals surface area contributed by atoms with E-state index >= 15 is 0 Å². The number of cyclic esters (lactones) is 1. The van der Waals surface area contributed by atoms with E-state index in [4.69, 9.17) is 4.74 Å². The molecule has 78 valence electrons. The van der Waals surface area contributed by atoms with Crippen molar-refractivity contribution in [2.24, 2.45) is 0 Å². The molecule has 0 bridgehead atoms. The lowest BCUT2D eigenvalue weighted by atomic mass is 10.2. The molecule has 15 heavy (non-hydrogen) atoms. The van der Waals surface area contributed by atoms with Crippen molar-refractivity contribution in [3.05, 3.63) is 34.6 Å². The number of halogens is 1. The Hall–Kier alpha value is -1.36. The highest BCUT2D eigenvalue weighted by atomic mass is 79.9. The van der Waals surface area contributed by atoms with Crippen LogP contribution in [0, 0.1) is 0 Å². The van der Waals surface area contributed by atoms with Crippen LogP contribution in [-0.4, -0.2) is 17.6 Å². The molecule has 1 aliphatic heterocycles. The monoisotopic (exact) mass is 268 g/mol. The molecule has 1 aliphatic rings. The van der Waals surface area contributed by atoms with E-state index in [1.165, 1.54) is 0 Å². The van der Waals surface area contributed by atoms with Gasteiger partial charge in [-0.2, -0.15) is 0 Å². The third kappa shape index (κ3) is 2.56. The van der Waals surface area contributed by atoms with Crippen LogP contribution >= 0.6 is 15.9 Å². The molecule has 1 aromatic rings. The molecule has 0 radical (unpaired) electrons. The second-order valence-electron chi connectivity index (χ2n) is 3.06. The third-order valence-corrected chi connectivity index (χ3v) is 2.48. The van der Waals surface area contributed by atoms with Gasteiger partial charge >= 0.3 is 5.97 Å². The van der Waals surface area contributed by atoms with Crippen LogP contribution in [0.5, 0.6) is 0 Å². The van der Waals surface area contributed by atoms with Gasteiger partial charge in [-0.25, -0.2) is 9.78 Å². The number of anilines is 1. The number of hydrogen-bond acceptors (Lipinski definition) is 4. The van der Waals surface area contributed by atoms with Crippen LogP contribution in [0.25, 0.3) is 0 Å². The first-order chi connectivity index (χ1) is 7.25. The molecule has 1 N–H and O–H groups in total. The van der Waals surface area contributed by atoms with Gasteiger partial charge < -0.3 is 10.1 Å². The van der Waals surface area contributed by atoms with E-state index in [1.807, 2.05) is 12.1 Å². The Labute approximate surface area is 95.5 Å². The summed E-state index contributed by atoms with van der Waals surface area (Å²) in [6, 6.07) is 3.67. The number of pyridine rings is 1. The lowest BCUT2D eigenvalue weighted by Crippen LogP contribution is -1.99. The smallest absolute Gasteiger partial charge is 0.335 e. The van der Waals surface area contributed by atoms with E-state index in [-0.39, 0.29) is 5.97 Å². The van der Waals surface area contributed by atoms with Gasteiger partial charge in [-0.15, -0.1) is 0 Å². The van der Waals surface area contributed by atoms with Gasteiger partial charge in [-0.3, -0.25) is 0 Å². The Bertz CT molecular complexity index is 418. The van der Waals surface area contributed by atoms with E-state index in [9.17, 15) is 4.79 Å². The summed E-state index contributed by atoms with van der Waals surface area (Å²) in [5.74, 6) is 0.439. The topological polar surface area (TPSA) is 51.2 Å². The maximum atomic E-state index is 11.1. The molecule has 0 unspecified atom stereocenters. The summed E-state index contributed by atoms with van der Waals surface area (Å²) in [5.41, 5.74) is 0.650. The van der Waals surface area contributed by atoms with Crippen molar-refractivity contribution in [1.29, 1.82) is 0 Å². The highest BCUT2D eigenvalue weighted by molar-refractivity contribution is 9.10. The number of nitrogens with zero attached hydrogens (tertiary/aromatic N) is 1. The first-order valence-electron chi connectivity index (χ1n) is 4.50. The van der Waals surface area contributed by atoms with Gasteiger partial charge in [0.05, 0.1) is 12.2 Å². The first-order valence-corrected chi connectivity index (χ1v) is 5.29. The van der Waals surface area contributed by atoms with E-state index in [2.05, 4.69) is 26.2 Å². The molecule has 1 aromatic heterocycles. The molecular formula is C10H9BrN2O2. The summed E-state index contributed by atoms with van der Waals surface area (Å²) in [5, 5.41) is 2.95. The van der Waals surface area contributed by atoms with Crippen LogP contribution in [0.4, 0.5) is 5.82 Å². The summed E-state index contributed by atoms with van der Waals surface area (Å²) in [6.07, 6.45) is 3.97. The predicted molar refractivity (Wildman–Crippen MR) is 59.2 cm³/mol. The fourth-order valence-corrected chi connectivity index (χ4v) is 1.56. The van der Waals surface area contributed by atoms with Crippen molar-refractivity contribution in [3.8, 4) is 0 Å². The summed E-state index contributed by atoms with van der Waals surface area (Å²) in [4.78, 5) is 15.2. The number of carbonyl (C=O) groups excluding carboxylic acids is 1. The molecule has 1 fully saturated rings. The minimum Gasteiger partial charge on any atom is -0.462 e. The summed E-state index contributed by atoms with van der Waals surface area (Å²) < 4.78 is 5.74. The average molecular weight is 269 g/mol. The quantitative estimate of drug-likeness (QED) is 0.659. The zero-order valence-electron chi connectivity index (χ0n) is 7.87. The second kappa shape index (κ2) is 4.44. The zero-order valence-corrected chi connectivity index (χ0v) is 9.45. The minimum absolute atomic E-state index is 0.252. The fourth-order valence-electron chi connectivity index (χ4n) is 1.22. The normalized spacial score (nSPS) is 17.9. The summed E-state index contributed by atoms with van der Waals surface area (Å²) in [7, 11) is 0. The van der Waals surface area contributed by atoms with Crippen molar-refractivity contribution >= 4 is 27.7 Å². The third-order valence-electron chi connectivity index (χ3n) is 1.98. The van der Waals surface area contributed by atoms with Gasteiger partial charge in [0.1, 0.15) is 5.82 Å². The number of nitrogens with one attached hydrogen (secondary N) is 1. The number of carbonyl (C=O) groups is 1. The number of hydrogen-bond donors (Lipinski definition) is 1. The lowest BCUT2D eigenvalue weighted by Gasteiger charge is -2.00. The maximum absolute atomic E-state index is 11.1. The van der Waals surface area contributed by atoms with Crippen molar-refractivity contribution in [3.63, 3.8) is 0 Å². The van der Waals surface area contributed by atoms with Crippen molar-refractivity contribution in [1.82, 2.24) is 4.98 Å². The molecule has 0 atom stereocenters. The first kappa shape index (κ1) is 10.2. The highest BCUT2D eigenvalue weighted by Crippen LogP contribution is 2.15. The van der Waals surface area contributed by atoms with Crippen LogP contribution < -0.4 is 5.32 Å². The number of ether oxygens (including phenoxy) is 1. The Morgan fingerprint density at radius 2 is 2.47 bits per heavy atom. The van der Waals surface area contributed by atoms with Crippen LogP contribution in [0.1, 0.15) is 6.42 Å². The van der Waals surface area contributed by atoms with E-state index < -0.39 is 0 Å². The number of esters is 1. The number of aromatic nitrogens is 1. The van der Waals surface area contributed by atoms with Crippen LogP contribution in [0.2, 0.25) is 0 Å². The molecule has 0 aromatic carbocycles. The van der Waals surface area contributed by atoms with E-state index in [1.54, 1.807) is 12.4 Å². The van der Waals surface area contributed by atoms with E-state index in [0.717, 1.165) is 4.47 Å². The van der Waals surface area contributed by atoms with Gasteiger partial charge in [-0.1, -0.05) is 15.9 Å². The Morgan fingerprint density at radius 3 is 3.13 bits per heavy atom. The van der Waals surface area contributed by atoms with Crippen molar-refractivity contribution < 1.29 is 9.53 Å². The zero-order chi connectivity index (χ0) is 10.7. The van der Waals surface area contributed by atoms with Crippen LogP contribution in [0.15, 0.2) is 34.6 Å². The van der Waals surface area contributed by atoms with Gasteiger partial charge in [0.25, 0.3) is 0 Å². The SMILES string of the molecule is O=C1OCC/C1=C/Nc1cc(Br)ccn1. The predicted octanol–water partition coefficient (Wildman–Crippen LogP) is 2.09. The van der Waals surface area contributed by atoms with Crippen LogP contribution in [0.3, 0.4) is 0 Å². The molecule has 0 aliphatic carbocycles. The highest BCUT2D eigenvalue weighted by Gasteiger charge is 2.17. The van der Waals surface area contributed by atoms with Crippen molar-refractivity contribution in [2.45, 2.75) is 6.42 Å². The molecule has 0 spiro atoms. The summed E-state index contributed by atoms with van der Waals surface area (Å²) in [6.45, 7) is 0.470. The molecule has 1 saturated heterocycles. The molecule has 0 amide bonds. The van der Waals surface area contributed by atoms with Crippen LogP contribution in [-0.2, 0) is 9.53 Å². The Balaban J connectivity index is 2.06. The summed E-state index contributed by atoms with van der Waals surface area (Å²) >= 11 is 3.34. The van der Waals surface area contributed by atoms with Gasteiger partial charge in [0.2, 0.25) is 0 Å². The molecular weight excluding hydrogens is 260 g/mol. The van der Waals surface area contributed by atoms with Gasteiger partial charge in [-0.05, 0) is 12.1 Å². The number of rotatable bonds is 2. The fraction of sp³-hybridized carbons (Fsp3) is 0.200. The van der Waals surface area contributed by atoms with Gasteiger partial charge in [0, 0.05) is 23.3 Å².